The third-order valence-corrected chi connectivity index (χ3v) is 3.74. The summed E-state index contributed by atoms with van der Waals surface area (Å²) in [6.45, 7) is 9.07. The van der Waals surface area contributed by atoms with Gasteiger partial charge in [0.05, 0.1) is 6.42 Å². The Hall–Kier alpha value is -1.26. The van der Waals surface area contributed by atoms with Crippen LogP contribution in [-0.2, 0) is 4.79 Å². The summed E-state index contributed by atoms with van der Waals surface area (Å²) in [4.78, 5) is 24.7. The lowest BCUT2D eigenvalue weighted by Crippen LogP contribution is -2.45. The van der Waals surface area contributed by atoms with Gasteiger partial charge in [-0.2, -0.15) is 0 Å². The Kier molecular flexibility index (Phi) is 5.42. The molecule has 5 heteroatoms. The fraction of sp³-hybridized carbons (Fsp3) is 0.867. The van der Waals surface area contributed by atoms with Gasteiger partial charge in [-0.05, 0) is 30.1 Å². The summed E-state index contributed by atoms with van der Waals surface area (Å²) in [7, 11) is 1.77. The number of carboxylic acids is 1. The lowest BCUT2D eigenvalue weighted by molar-refractivity contribution is -0.137. The normalized spacial score (nSPS) is 23.1. The van der Waals surface area contributed by atoms with E-state index in [1.54, 1.807) is 11.9 Å². The zero-order valence-electron chi connectivity index (χ0n) is 13.3. The van der Waals surface area contributed by atoms with Crippen molar-refractivity contribution < 1.29 is 14.7 Å². The Balaban J connectivity index is 2.49. The molecule has 2 N–H and O–H groups in total. The van der Waals surface area contributed by atoms with Gasteiger partial charge in [0.15, 0.2) is 0 Å². The molecule has 0 bridgehead atoms. The number of urea groups is 1. The van der Waals surface area contributed by atoms with E-state index in [2.05, 4.69) is 12.2 Å². The van der Waals surface area contributed by atoms with Gasteiger partial charge < -0.3 is 15.3 Å². The minimum Gasteiger partial charge on any atom is -0.481 e. The smallest absolute Gasteiger partial charge is 0.317 e. The van der Waals surface area contributed by atoms with Crippen LogP contribution in [0.1, 0.15) is 47.0 Å². The van der Waals surface area contributed by atoms with Crippen molar-refractivity contribution >= 4 is 12.0 Å². The summed E-state index contributed by atoms with van der Waals surface area (Å²) in [5.74, 6) is 0.430. The first-order valence-corrected chi connectivity index (χ1v) is 7.32. The molecule has 3 atom stereocenters. The van der Waals surface area contributed by atoms with Crippen LogP contribution in [0.5, 0.6) is 0 Å². The third kappa shape index (κ3) is 6.26. The van der Waals surface area contributed by atoms with Crippen LogP contribution < -0.4 is 5.32 Å². The second-order valence-electron chi connectivity index (χ2n) is 7.36. The van der Waals surface area contributed by atoms with E-state index in [-0.39, 0.29) is 23.9 Å². The maximum Gasteiger partial charge on any atom is 0.317 e. The van der Waals surface area contributed by atoms with Crippen molar-refractivity contribution in [2.24, 2.45) is 17.3 Å². The number of carboxylic acid groups (broad SMARTS) is 1. The summed E-state index contributed by atoms with van der Waals surface area (Å²) in [6, 6.07) is -0.487. The fourth-order valence-corrected chi connectivity index (χ4v) is 2.50. The maximum atomic E-state index is 12.1. The summed E-state index contributed by atoms with van der Waals surface area (Å²) in [5, 5.41) is 11.8. The van der Waals surface area contributed by atoms with Crippen molar-refractivity contribution in [2.45, 2.75) is 53.0 Å². The molecule has 0 radical (unpaired) electrons. The average molecular weight is 284 g/mol. The molecule has 1 fully saturated rings. The van der Waals surface area contributed by atoms with E-state index in [1.165, 1.54) is 6.42 Å². The lowest BCUT2D eigenvalue weighted by atomic mass is 9.87. The zero-order valence-corrected chi connectivity index (χ0v) is 13.3. The van der Waals surface area contributed by atoms with E-state index >= 15 is 0 Å². The summed E-state index contributed by atoms with van der Waals surface area (Å²) in [5.41, 5.74) is -0.0169. The first-order chi connectivity index (χ1) is 9.08. The van der Waals surface area contributed by atoms with E-state index in [1.807, 2.05) is 20.8 Å². The van der Waals surface area contributed by atoms with Gasteiger partial charge >= 0.3 is 12.0 Å². The number of nitrogens with zero attached hydrogens (tertiary/aromatic N) is 1. The highest BCUT2D eigenvalue weighted by Gasteiger charge is 2.34. The molecule has 0 aromatic rings. The Labute approximate surface area is 121 Å². The van der Waals surface area contributed by atoms with Crippen LogP contribution in [-0.4, -0.2) is 41.6 Å². The minimum atomic E-state index is -0.877. The van der Waals surface area contributed by atoms with Gasteiger partial charge in [-0.15, -0.1) is 0 Å². The van der Waals surface area contributed by atoms with Crippen molar-refractivity contribution in [3.63, 3.8) is 0 Å². The number of hydrogen-bond acceptors (Lipinski definition) is 2. The van der Waals surface area contributed by atoms with E-state index < -0.39 is 5.97 Å². The molecule has 116 valence electrons. The van der Waals surface area contributed by atoms with Gasteiger partial charge in [-0.1, -0.05) is 27.7 Å². The number of carbonyl (C=O) groups excluding carboxylic acids is 1. The predicted octanol–water partition coefficient (Wildman–Crippen LogP) is 2.56. The first kappa shape index (κ1) is 16.8. The largest absolute Gasteiger partial charge is 0.481 e. The number of nitrogens with one attached hydrogen (secondary N) is 1. The monoisotopic (exact) mass is 284 g/mol. The molecule has 3 unspecified atom stereocenters. The Morgan fingerprint density at radius 1 is 1.40 bits per heavy atom. The van der Waals surface area contributed by atoms with Crippen LogP contribution >= 0.6 is 0 Å². The number of hydrogen-bond donors (Lipinski definition) is 2. The first-order valence-electron chi connectivity index (χ1n) is 7.32. The second-order valence-corrected chi connectivity index (χ2v) is 7.36. The molecule has 0 aromatic heterocycles. The predicted molar refractivity (Wildman–Crippen MR) is 78.5 cm³/mol. The van der Waals surface area contributed by atoms with E-state index in [4.69, 9.17) is 5.11 Å². The Morgan fingerprint density at radius 2 is 1.95 bits per heavy atom. The molecule has 0 spiro atoms. The van der Waals surface area contributed by atoms with E-state index in [9.17, 15) is 9.59 Å². The van der Waals surface area contributed by atoms with Crippen LogP contribution in [0.15, 0.2) is 0 Å². The molecule has 2 amide bonds. The number of carbonyl (C=O) groups is 2. The minimum absolute atomic E-state index is 0.0169. The summed E-state index contributed by atoms with van der Waals surface area (Å²) < 4.78 is 0. The van der Waals surface area contributed by atoms with Crippen LogP contribution in [0.3, 0.4) is 0 Å². The van der Waals surface area contributed by atoms with Crippen molar-refractivity contribution in [1.29, 1.82) is 0 Å². The van der Waals surface area contributed by atoms with Gasteiger partial charge in [0.25, 0.3) is 0 Å². The topological polar surface area (TPSA) is 69.6 Å². The molecule has 20 heavy (non-hydrogen) atoms. The molecule has 0 aromatic carbocycles. The lowest BCUT2D eigenvalue weighted by Gasteiger charge is -2.28. The quantitative estimate of drug-likeness (QED) is 0.787. The Bertz CT molecular complexity index is 363. The summed E-state index contributed by atoms with van der Waals surface area (Å²) in [6.07, 6.45) is 1.80. The average Bonchev–Trinajstić information content (AvgIpc) is 2.90. The van der Waals surface area contributed by atoms with Crippen LogP contribution in [0.2, 0.25) is 0 Å². The highest BCUT2D eigenvalue weighted by atomic mass is 16.4. The van der Waals surface area contributed by atoms with Crippen molar-refractivity contribution in [2.75, 3.05) is 13.6 Å². The molecule has 1 rings (SSSR count). The van der Waals surface area contributed by atoms with Gasteiger partial charge in [-0.3, -0.25) is 4.79 Å². The van der Waals surface area contributed by atoms with Gasteiger partial charge in [-0.25, -0.2) is 4.79 Å². The van der Waals surface area contributed by atoms with Gasteiger partial charge in [0, 0.05) is 19.6 Å². The number of rotatable bonds is 6. The highest BCUT2D eigenvalue weighted by molar-refractivity contribution is 5.75. The van der Waals surface area contributed by atoms with Crippen molar-refractivity contribution in [1.82, 2.24) is 10.2 Å². The Morgan fingerprint density at radius 3 is 2.35 bits per heavy atom. The third-order valence-electron chi connectivity index (χ3n) is 3.74. The molecule has 0 saturated heterocycles. The number of aliphatic carboxylic acids is 1. The molecular weight excluding hydrogens is 256 g/mol. The SMILES string of the molecule is CC1CC1CN(C)C(=O)NC(CC(=O)O)CC(C)(C)C. The zero-order chi connectivity index (χ0) is 15.5. The molecule has 1 aliphatic carbocycles. The molecule has 1 aliphatic rings. The molecule has 1 saturated carbocycles. The standard InChI is InChI=1S/C15H28N2O3/c1-10-6-11(10)9-17(5)14(20)16-12(7-13(18)19)8-15(2,3)4/h10-12H,6-9H2,1-5H3,(H,16,20)(H,18,19). The number of amides is 2. The molecule has 0 heterocycles. The van der Waals surface area contributed by atoms with Crippen molar-refractivity contribution in [3.8, 4) is 0 Å². The van der Waals surface area contributed by atoms with Gasteiger partial charge in [0.1, 0.15) is 0 Å². The van der Waals surface area contributed by atoms with Crippen LogP contribution in [0.25, 0.3) is 0 Å². The van der Waals surface area contributed by atoms with E-state index in [0.717, 1.165) is 6.54 Å². The van der Waals surface area contributed by atoms with Crippen LogP contribution in [0.4, 0.5) is 4.79 Å². The highest BCUT2D eigenvalue weighted by Crippen LogP contribution is 2.37. The summed E-state index contributed by atoms with van der Waals surface area (Å²) >= 11 is 0. The van der Waals surface area contributed by atoms with Crippen LogP contribution in [0, 0.1) is 17.3 Å². The van der Waals surface area contributed by atoms with Gasteiger partial charge in [0.2, 0.25) is 0 Å². The van der Waals surface area contributed by atoms with E-state index in [0.29, 0.717) is 18.3 Å². The fourth-order valence-electron chi connectivity index (χ4n) is 2.50. The maximum absolute atomic E-state index is 12.1. The molecule has 0 aliphatic heterocycles. The molecular formula is C15H28N2O3. The second kappa shape index (κ2) is 6.46. The van der Waals surface area contributed by atoms with Crippen molar-refractivity contribution in [3.05, 3.63) is 0 Å². The molecule has 5 nitrogen and oxygen atoms in total.